The maximum absolute atomic E-state index is 12.9. The maximum atomic E-state index is 12.9. The van der Waals surface area contributed by atoms with Gasteiger partial charge in [-0.1, -0.05) is 10.4 Å². The molecule has 178 valence electrons. The van der Waals surface area contributed by atoms with Crippen LogP contribution < -0.4 is 11.1 Å². The molecular weight excluding hydrogens is 476 g/mol. The number of hydrogen-bond acceptors (Lipinski definition) is 11. The average Bonchev–Trinajstić information content (AvgIpc) is 3.24. The number of nitrogens with two attached hydrogens (primary N) is 1. The highest BCUT2D eigenvalue weighted by atomic mass is 32.2. The second-order valence-electron chi connectivity index (χ2n) is 8.30. The first-order chi connectivity index (χ1) is 15.5. The molecule has 2 aliphatic rings. The van der Waals surface area contributed by atoms with Crippen molar-refractivity contribution in [2.45, 2.75) is 51.4 Å². The third-order valence-corrected chi connectivity index (χ3v) is 7.05. The van der Waals surface area contributed by atoms with Gasteiger partial charge < -0.3 is 15.9 Å². The lowest BCUT2D eigenvalue weighted by atomic mass is 9.85. The van der Waals surface area contributed by atoms with E-state index in [2.05, 4.69) is 25.8 Å². The van der Waals surface area contributed by atoms with Crippen LogP contribution in [-0.4, -0.2) is 66.4 Å². The van der Waals surface area contributed by atoms with Crippen LogP contribution in [0.4, 0.5) is 5.13 Å². The fourth-order valence-electron chi connectivity index (χ4n) is 3.43. The van der Waals surface area contributed by atoms with Crippen LogP contribution in [0.1, 0.15) is 38.1 Å². The highest BCUT2D eigenvalue weighted by Gasteiger charge is 2.60. The van der Waals surface area contributed by atoms with Crippen molar-refractivity contribution < 1.29 is 27.4 Å². The third kappa shape index (κ3) is 4.81. The molecule has 0 bridgehead atoms. The molecule has 1 aliphatic carbocycles. The first-order valence-corrected chi connectivity index (χ1v) is 12.2. The van der Waals surface area contributed by atoms with Crippen molar-refractivity contribution >= 4 is 44.3 Å². The number of oxime groups is 1. The number of anilines is 1. The molecule has 2 fully saturated rings. The van der Waals surface area contributed by atoms with E-state index in [4.69, 9.17) is 10.6 Å². The van der Waals surface area contributed by atoms with Gasteiger partial charge in [0.1, 0.15) is 17.4 Å². The SMILES string of the molecule is CC1(C)[C@H](NC(=O)/C(=N\OCc2cn(CC3CC3)nn2)c2csc(N)n2)C(=O)N1S(=O)(=O)O. The zero-order chi connectivity index (χ0) is 24.0. The summed E-state index contributed by atoms with van der Waals surface area (Å²) < 4.78 is 34.1. The van der Waals surface area contributed by atoms with Crippen LogP contribution in [-0.2, 0) is 37.9 Å². The standard InChI is InChI=1S/C17H22N8O6S2/c1-17(2)13(15(27)25(17)33(28,29)30)20-14(26)12(11-8-32-16(18)19-11)22-31-7-10-6-24(23-21-10)5-9-3-4-9/h6,8-9,13H,3-5,7H2,1-2H3,(H2,18,19)(H,20,26)(H,28,29,30)/b22-12-/t13-/m1/s1. The van der Waals surface area contributed by atoms with Gasteiger partial charge in [0, 0.05) is 11.9 Å². The van der Waals surface area contributed by atoms with Crippen molar-refractivity contribution in [1.82, 2.24) is 29.6 Å². The van der Waals surface area contributed by atoms with Crippen LogP contribution in [0.25, 0.3) is 0 Å². The van der Waals surface area contributed by atoms with Gasteiger partial charge in [0.05, 0.1) is 11.7 Å². The van der Waals surface area contributed by atoms with Crippen molar-refractivity contribution in [3.8, 4) is 0 Å². The number of β-lactam (4-membered cyclic amide) rings is 1. The van der Waals surface area contributed by atoms with E-state index in [-0.39, 0.29) is 23.1 Å². The fraction of sp³-hybridized carbons (Fsp3) is 0.529. The zero-order valence-electron chi connectivity index (χ0n) is 17.7. The predicted octanol–water partition coefficient (Wildman–Crippen LogP) is -0.444. The number of amides is 2. The summed E-state index contributed by atoms with van der Waals surface area (Å²) in [5.74, 6) is -1.19. The summed E-state index contributed by atoms with van der Waals surface area (Å²) in [7, 11) is -4.77. The Balaban J connectivity index is 1.47. The van der Waals surface area contributed by atoms with E-state index in [0.29, 0.717) is 15.9 Å². The molecule has 4 N–H and O–H groups in total. The summed E-state index contributed by atoms with van der Waals surface area (Å²) in [6, 6.07) is -1.23. The molecule has 0 unspecified atom stereocenters. The Labute approximate surface area is 192 Å². The average molecular weight is 499 g/mol. The Morgan fingerprint density at radius 1 is 1.45 bits per heavy atom. The molecule has 33 heavy (non-hydrogen) atoms. The van der Waals surface area contributed by atoms with Crippen molar-refractivity contribution in [3.63, 3.8) is 0 Å². The number of carbonyl (C=O) groups is 2. The lowest BCUT2D eigenvalue weighted by Gasteiger charge is -2.50. The second-order valence-corrected chi connectivity index (χ2v) is 10.5. The first-order valence-electron chi connectivity index (χ1n) is 9.89. The molecule has 1 saturated heterocycles. The minimum absolute atomic E-state index is 0.0640. The lowest BCUT2D eigenvalue weighted by molar-refractivity contribution is -0.151. The molecule has 0 spiro atoms. The van der Waals surface area contributed by atoms with Crippen molar-refractivity contribution in [2.24, 2.45) is 11.1 Å². The van der Waals surface area contributed by atoms with E-state index < -0.39 is 33.7 Å². The summed E-state index contributed by atoms with van der Waals surface area (Å²) >= 11 is 1.07. The molecule has 2 aromatic rings. The molecule has 2 aromatic heterocycles. The molecule has 0 aromatic carbocycles. The largest absolute Gasteiger partial charge is 0.388 e. The Bertz CT molecular complexity index is 1220. The predicted molar refractivity (Wildman–Crippen MR) is 115 cm³/mol. The zero-order valence-corrected chi connectivity index (χ0v) is 19.3. The molecule has 0 radical (unpaired) electrons. The fourth-order valence-corrected chi connectivity index (χ4v) is 5.01. The quantitative estimate of drug-likeness (QED) is 0.176. The van der Waals surface area contributed by atoms with Crippen molar-refractivity contribution in [3.05, 3.63) is 23.0 Å². The van der Waals surface area contributed by atoms with Gasteiger partial charge in [-0.2, -0.15) is 8.42 Å². The van der Waals surface area contributed by atoms with Crippen LogP contribution in [0.5, 0.6) is 0 Å². The molecular formula is C17H22N8O6S2. The van der Waals surface area contributed by atoms with Gasteiger partial charge in [-0.25, -0.2) is 9.29 Å². The van der Waals surface area contributed by atoms with E-state index in [0.717, 1.165) is 17.9 Å². The number of carbonyl (C=O) groups excluding carboxylic acids is 2. The molecule has 4 rings (SSSR count). The Kier molecular flexibility index (Phi) is 5.83. The van der Waals surface area contributed by atoms with Gasteiger partial charge in [0.2, 0.25) is 0 Å². The number of nitrogen functional groups attached to an aromatic ring is 1. The Morgan fingerprint density at radius 2 is 2.18 bits per heavy atom. The van der Waals surface area contributed by atoms with E-state index in [9.17, 15) is 22.6 Å². The highest BCUT2D eigenvalue weighted by molar-refractivity contribution is 7.84. The van der Waals surface area contributed by atoms with Gasteiger partial charge in [-0.15, -0.1) is 16.4 Å². The topological polar surface area (TPSA) is 195 Å². The normalized spacial score (nSPS) is 20.5. The van der Waals surface area contributed by atoms with Crippen LogP contribution in [0, 0.1) is 5.92 Å². The van der Waals surface area contributed by atoms with Gasteiger partial charge in [-0.3, -0.25) is 18.8 Å². The number of thiazole rings is 1. The van der Waals surface area contributed by atoms with E-state index in [1.807, 2.05) is 0 Å². The molecule has 3 heterocycles. The first kappa shape index (κ1) is 23.1. The summed E-state index contributed by atoms with van der Waals surface area (Å²) in [6.45, 7) is 3.48. The van der Waals surface area contributed by atoms with E-state index in [1.165, 1.54) is 32.1 Å². The summed E-state index contributed by atoms with van der Waals surface area (Å²) in [4.78, 5) is 34.5. The van der Waals surface area contributed by atoms with Gasteiger partial charge in [-0.05, 0) is 32.6 Å². The minimum Gasteiger partial charge on any atom is -0.388 e. The number of hydrogen-bond donors (Lipinski definition) is 3. The molecule has 16 heteroatoms. The Morgan fingerprint density at radius 3 is 2.76 bits per heavy atom. The van der Waals surface area contributed by atoms with Crippen LogP contribution in [0.3, 0.4) is 0 Å². The van der Waals surface area contributed by atoms with Crippen molar-refractivity contribution in [2.75, 3.05) is 5.73 Å². The molecule has 1 saturated carbocycles. The number of nitrogens with zero attached hydrogens (tertiary/aromatic N) is 6. The smallest absolute Gasteiger partial charge is 0.362 e. The number of rotatable bonds is 9. The monoisotopic (exact) mass is 498 g/mol. The summed E-state index contributed by atoms with van der Waals surface area (Å²) in [5.41, 5.74) is 4.62. The highest BCUT2D eigenvalue weighted by Crippen LogP contribution is 2.34. The minimum atomic E-state index is -4.77. The second kappa shape index (κ2) is 8.35. The summed E-state index contributed by atoms with van der Waals surface area (Å²) in [6.07, 6.45) is 4.08. The van der Waals surface area contributed by atoms with E-state index >= 15 is 0 Å². The maximum Gasteiger partial charge on any atom is 0.362 e. The number of aromatic nitrogens is 4. The summed E-state index contributed by atoms with van der Waals surface area (Å²) in [5, 5.41) is 16.0. The Hall–Kier alpha value is -3.11. The number of nitrogens with one attached hydrogen (secondary N) is 1. The molecule has 1 atom stereocenters. The van der Waals surface area contributed by atoms with E-state index in [1.54, 1.807) is 10.9 Å². The lowest BCUT2D eigenvalue weighted by Crippen LogP contribution is -2.77. The molecule has 14 nitrogen and oxygen atoms in total. The van der Waals surface area contributed by atoms with Crippen LogP contribution >= 0.6 is 11.3 Å². The van der Waals surface area contributed by atoms with Gasteiger partial charge >= 0.3 is 10.3 Å². The van der Waals surface area contributed by atoms with Crippen LogP contribution in [0.2, 0.25) is 0 Å². The van der Waals surface area contributed by atoms with Gasteiger partial charge in [0.25, 0.3) is 11.8 Å². The van der Waals surface area contributed by atoms with Crippen LogP contribution in [0.15, 0.2) is 16.7 Å². The molecule has 1 aliphatic heterocycles. The van der Waals surface area contributed by atoms with Gasteiger partial charge in [0.15, 0.2) is 17.5 Å². The molecule has 2 amide bonds. The third-order valence-electron chi connectivity index (χ3n) is 5.26. The van der Waals surface area contributed by atoms with Crippen molar-refractivity contribution in [1.29, 1.82) is 0 Å².